The largest absolute Gasteiger partial charge is 0.481 e. The molecule has 0 aliphatic rings. The molecule has 0 heterocycles. The lowest BCUT2D eigenvalue weighted by atomic mass is 10.1. The minimum absolute atomic E-state index is 0.0841. The molecular weight excluding hydrogens is 210 g/mol. The van der Waals surface area contributed by atoms with Gasteiger partial charge in [0.25, 0.3) is 0 Å². The zero-order chi connectivity index (χ0) is 10.7. The molecule has 0 saturated carbocycles. The Kier molecular flexibility index (Phi) is 3.46. The average molecular weight is 218 g/mol. The smallest absolute Gasteiger partial charge is 0.307 e. The van der Waals surface area contributed by atoms with E-state index in [4.69, 9.17) is 5.11 Å². The Morgan fingerprint density at radius 1 is 1.43 bits per heavy atom. The van der Waals surface area contributed by atoms with Crippen LogP contribution in [0.25, 0.3) is 0 Å². The molecule has 5 heteroatoms. The maximum Gasteiger partial charge on any atom is 0.307 e. The summed E-state index contributed by atoms with van der Waals surface area (Å²) >= 11 is 0.952. The van der Waals surface area contributed by atoms with E-state index >= 15 is 0 Å². The lowest BCUT2D eigenvalue weighted by molar-refractivity contribution is -0.136. The summed E-state index contributed by atoms with van der Waals surface area (Å²) in [7, 11) is 0. The van der Waals surface area contributed by atoms with Gasteiger partial charge in [0, 0.05) is 0 Å². The molecule has 0 bridgehead atoms. The monoisotopic (exact) mass is 218 g/mol. The summed E-state index contributed by atoms with van der Waals surface area (Å²) in [5, 5.41) is 8.43. The van der Waals surface area contributed by atoms with Crippen LogP contribution in [0.4, 0.5) is 8.78 Å². The number of carbonyl (C=O) groups is 1. The molecule has 0 fully saturated rings. The summed E-state index contributed by atoms with van der Waals surface area (Å²) in [6, 6.07) is 2.09. The van der Waals surface area contributed by atoms with Crippen molar-refractivity contribution < 1.29 is 18.7 Å². The number of carboxylic acids is 1. The molecule has 1 aromatic carbocycles. The number of benzene rings is 1. The number of halogens is 2. The van der Waals surface area contributed by atoms with Crippen LogP contribution < -0.4 is 0 Å². The van der Waals surface area contributed by atoms with Crippen LogP contribution in [-0.4, -0.2) is 17.3 Å². The fourth-order valence-corrected chi connectivity index (χ4v) is 1.59. The number of hydrogen-bond donors (Lipinski definition) is 1. The molecule has 1 N–H and O–H groups in total. The molecule has 0 aliphatic heterocycles. The lowest BCUT2D eigenvalue weighted by Crippen LogP contribution is -2.02. The Labute approximate surface area is 83.9 Å². The van der Waals surface area contributed by atoms with E-state index in [9.17, 15) is 13.6 Å². The molecule has 76 valence electrons. The van der Waals surface area contributed by atoms with Gasteiger partial charge in [-0.05, 0) is 24.0 Å². The number of carboxylic acid groups (broad SMARTS) is 1. The van der Waals surface area contributed by atoms with E-state index in [1.165, 1.54) is 0 Å². The first-order valence-corrected chi connectivity index (χ1v) is 5.00. The SMILES string of the molecule is CSc1c(F)cc(CC(=O)O)cc1F. The predicted molar refractivity (Wildman–Crippen MR) is 49.5 cm³/mol. The van der Waals surface area contributed by atoms with E-state index in [1.807, 2.05) is 0 Å². The second-order valence-corrected chi connectivity index (χ2v) is 3.48. The quantitative estimate of drug-likeness (QED) is 0.791. The highest BCUT2D eigenvalue weighted by Crippen LogP contribution is 2.24. The van der Waals surface area contributed by atoms with E-state index in [0.29, 0.717) is 0 Å². The number of rotatable bonds is 3. The zero-order valence-electron chi connectivity index (χ0n) is 7.38. The molecule has 0 amide bonds. The van der Waals surface area contributed by atoms with Crippen molar-refractivity contribution in [3.8, 4) is 0 Å². The van der Waals surface area contributed by atoms with Crippen LogP contribution in [0, 0.1) is 11.6 Å². The fourth-order valence-electron chi connectivity index (χ4n) is 1.08. The van der Waals surface area contributed by atoms with Crippen molar-refractivity contribution in [2.45, 2.75) is 11.3 Å². The van der Waals surface area contributed by atoms with Crippen molar-refractivity contribution in [3.63, 3.8) is 0 Å². The van der Waals surface area contributed by atoms with E-state index in [-0.39, 0.29) is 16.9 Å². The van der Waals surface area contributed by atoms with E-state index in [1.54, 1.807) is 6.26 Å². The van der Waals surface area contributed by atoms with Crippen molar-refractivity contribution in [3.05, 3.63) is 29.3 Å². The Morgan fingerprint density at radius 2 is 1.93 bits per heavy atom. The first kappa shape index (κ1) is 11.0. The minimum atomic E-state index is -1.11. The van der Waals surface area contributed by atoms with E-state index in [2.05, 4.69) is 0 Å². The first-order valence-electron chi connectivity index (χ1n) is 3.78. The van der Waals surface area contributed by atoms with Crippen molar-refractivity contribution >= 4 is 17.7 Å². The maximum absolute atomic E-state index is 13.1. The van der Waals surface area contributed by atoms with Gasteiger partial charge in [-0.1, -0.05) is 0 Å². The third kappa shape index (κ3) is 2.45. The molecule has 1 aromatic rings. The van der Waals surface area contributed by atoms with Crippen molar-refractivity contribution in [2.24, 2.45) is 0 Å². The van der Waals surface area contributed by atoms with Crippen molar-refractivity contribution in [1.29, 1.82) is 0 Å². The molecule has 0 saturated heterocycles. The van der Waals surface area contributed by atoms with Gasteiger partial charge in [0.2, 0.25) is 0 Å². The molecular formula is C9H8F2O2S. The number of thioether (sulfide) groups is 1. The van der Waals surface area contributed by atoms with Gasteiger partial charge in [-0.3, -0.25) is 4.79 Å². The average Bonchev–Trinajstić information content (AvgIpc) is 2.01. The van der Waals surface area contributed by atoms with Gasteiger partial charge < -0.3 is 5.11 Å². The minimum Gasteiger partial charge on any atom is -0.481 e. The van der Waals surface area contributed by atoms with Crippen LogP contribution in [0.1, 0.15) is 5.56 Å². The zero-order valence-corrected chi connectivity index (χ0v) is 8.20. The van der Waals surface area contributed by atoms with Crippen LogP contribution in [-0.2, 0) is 11.2 Å². The molecule has 1 rings (SSSR count). The van der Waals surface area contributed by atoms with E-state index in [0.717, 1.165) is 23.9 Å². The molecule has 0 atom stereocenters. The van der Waals surface area contributed by atoms with Crippen LogP contribution in [0.5, 0.6) is 0 Å². The molecule has 0 aliphatic carbocycles. The molecule has 0 spiro atoms. The van der Waals surface area contributed by atoms with Crippen molar-refractivity contribution in [2.75, 3.05) is 6.26 Å². The predicted octanol–water partition coefficient (Wildman–Crippen LogP) is 2.31. The second-order valence-electron chi connectivity index (χ2n) is 2.66. The summed E-state index contributed by atoms with van der Waals surface area (Å²) in [5.74, 6) is -2.54. The summed E-state index contributed by atoms with van der Waals surface area (Å²) in [6.45, 7) is 0. The van der Waals surface area contributed by atoms with Gasteiger partial charge in [-0.25, -0.2) is 8.78 Å². The highest BCUT2D eigenvalue weighted by Gasteiger charge is 2.11. The Bertz CT molecular complexity index is 343. The molecule has 2 nitrogen and oxygen atoms in total. The Hall–Kier alpha value is -1.10. The van der Waals surface area contributed by atoms with Gasteiger partial charge in [0.1, 0.15) is 11.6 Å². The molecule has 0 radical (unpaired) electrons. The highest BCUT2D eigenvalue weighted by molar-refractivity contribution is 7.98. The van der Waals surface area contributed by atoms with Gasteiger partial charge in [0.05, 0.1) is 11.3 Å². The fraction of sp³-hybridized carbons (Fsp3) is 0.222. The van der Waals surface area contributed by atoms with Crippen LogP contribution in [0.15, 0.2) is 17.0 Å². The number of aliphatic carboxylic acids is 1. The third-order valence-corrected chi connectivity index (χ3v) is 2.42. The lowest BCUT2D eigenvalue weighted by Gasteiger charge is -2.03. The van der Waals surface area contributed by atoms with Crippen LogP contribution >= 0.6 is 11.8 Å². The van der Waals surface area contributed by atoms with Crippen LogP contribution in [0.3, 0.4) is 0 Å². The summed E-state index contributed by atoms with van der Waals surface area (Å²) in [6.07, 6.45) is 1.18. The Balaban J connectivity index is 3.07. The van der Waals surface area contributed by atoms with Crippen LogP contribution in [0.2, 0.25) is 0 Å². The summed E-state index contributed by atoms with van der Waals surface area (Å²) in [5.41, 5.74) is 0.130. The van der Waals surface area contributed by atoms with Gasteiger partial charge in [0.15, 0.2) is 0 Å². The Morgan fingerprint density at radius 3 is 2.29 bits per heavy atom. The standard InChI is InChI=1S/C9H8F2O2S/c1-14-9-6(10)2-5(3-7(9)11)4-8(12)13/h2-3H,4H2,1H3,(H,12,13). The normalized spacial score (nSPS) is 10.2. The molecule has 0 aromatic heterocycles. The first-order chi connectivity index (χ1) is 6.54. The van der Waals surface area contributed by atoms with Gasteiger partial charge in [-0.2, -0.15) is 0 Å². The second kappa shape index (κ2) is 4.41. The van der Waals surface area contributed by atoms with Gasteiger partial charge in [-0.15, -0.1) is 11.8 Å². The summed E-state index contributed by atoms with van der Waals surface area (Å²) in [4.78, 5) is 10.2. The third-order valence-electron chi connectivity index (χ3n) is 1.62. The molecule has 14 heavy (non-hydrogen) atoms. The highest BCUT2D eigenvalue weighted by atomic mass is 32.2. The topological polar surface area (TPSA) is 37.3 Å². The molecule has 0 unspecified atom stereocenters. The van der Waals surface area contributed by atoms with Gasteiger partial charge >= 0.3 is 5.97 Å². The van der Waals surface area contributed by atoms with E-state index < -0.39 is 17.6 Å². The number of hydrogen-bond acceptors (Lipinski definition) is 2. The van der Waals surface area contributed by atoms with Crippen molar-refractivity contribution in [1.82, 2.24) is 0 Å². The maximum atomic E-state index is 13.1. The summed E-state index contributed by atoms with van der Waals surface area (Å²) < 4.78 is 26.2.